The number of carbonyl (C=O) groups excluding carboxylic acids is 1. The van der Waals surface area contributed by atoms with Gasteiger partial charge in [0.1, 0.15) is 5.82 Å². The van der Waals surface area contributed by atoms with E-state index in [4.69, 9.17) is 5.53 Å². The number of rotatable bonds is 4. The average molecular weight is 268 g/mol. The second kappa shape index (κ2) is 6.04. The van der Waals surface area contributed by atoms with E-state index in [2.05, 4.69) is 4.79 Å². The molecule has 0 bridgehead atoms. The van der Waals surface area contributed by atoms with Crippen LogP contribution in [0, 0.1) is 5.82 Å². The molecule has 0 heterocycles. The van der Waals surface area contributed by atoms with Gasteiger partial charge in [-0.2, -0.15) is 4.79 Å². The Morgan fingerprint density at radius 3 is 2.45 bits per heavy atom. The normalized spacial score (nSPS) is 11.5. The molecule has 0 fully saturated rings. The number of hydrogen-bond donors (Lipinski definition) is 0. The molecule has 0 aliphatic rings. The summed E-state index contributed by atoms with van der Waals surface area (Å²) in [7, 11) is 0. The first-order valence-corrected chi connectivity index (χ1v) is 6.19. The molecule has 0 aliphatic heterocycles. The summed E-state index contributed by atoms with van der Waals surface area (Å²) in [6.45, 7) is 1.72. The molecule has 0 N–H and O–H groups in total. The molecule has 0 aromatic heterocycles. The van der Waals surface area contributed by atoms with Crippen LogP contribution in [0.15, 0.2) is 48.5 Å². The van der Waals surface area contributed by atoms with Gasteiger partial charge in [-0.1, -0.05) is 49.4 Å². The Labute approximate surface area is 116 Å². The van der Waals surface area contributed by atoms with Crippen molar-refractivity contribution in [3.05, 3.63) is 65.4 Å². The molecule has 20 heavy (non-hydrogen) atoms. The van der Waals surface area contributed by atoms with Crippen molar-refractivity contribution in [2.45, 2.75) is 12.8 Å². The summed E-state index contributed by atoms with van der Waals surface area (Å²) in [6.07, 6.45) is 0.884. The van der Waals surface area contributed by atoms with Gasteiger partial charge in [0, 0.05) is 5.56 Å². The zero-order valence-corrected chi connectivity index (χ0v) is 11.0. The smallest absolute Gasteiger partial charge is 0.323 e. The van der Waals surface area contributed by atoms with Crippen molar-refractivity contribution >= 4 is 12.0 Å². The third-order valence-corrected chi connectivity index (χ3v) is 3.21. The van der Waals surface area contributed by atoms with Crippen molar-refractivity contribution in [3.8, 4) is 11.1 Å². The van der Waals surface area contributed by atoms with Crippen LogP contribution >= 0.6 is 0 Å². The summed E-state index contributed by atoms with van der Waals surface area (Å²) in [4.78, 5) is 14.3. The van der Waals surface area contributed by atoms with Crippen molar-refractivity contribution in [2.75, 3.05) is 0 Å². The predicted octanol–water partition coefficient (Wildman–Crippen LogP) is 3.47. The van der Waals surface area contributed by atoms with E-state index in [1.54, 1.807) is 49.4 Å². The van der Waals surface area contributed by atoms with Gasteiger partial charge in [0.15, 0.2) is 0 Å². The topological polar surface area (TPSA) is 53.5 Å². The highest BCUT2D eigenvalue weighted by Crippen LogP contribution is 2.25. The van der Waals surface area contributed by atoms with E-state index in [0.717, 1.165) is 17.3 Å². The number of halogens is 1. The van der Waals surface area contributed by atoms with E-state index in [1.165, 1.54) is 6.07 Å². The first-order valence-electron chi connectivity index (χ1n) is 6.19. The fourth-order valence-corrected chi connectivity index (χ4v) is 1.98. The van der Waals surface area contributed by atoms with Crippen molar-refractivity contribution < 1.29 is 14.0 Å². The third-order valence-electron chi connectivity index (χ3n) is 3.21. The maximum Gasteiger partial charge on any atom is 0.323 e. The maximum absolute atomic E-state index is 13.7. The van der Waals surface area contributed by atoms with Crippen LogP contribution in [0.25, 0.3) is 16.7 Å². The van der Waals surface area contributed by atoms with Crippen molar-refractivity contribution in [3.63, 3.8) is 0 Å². The van der Waals surface area contributed by atoms with E-state index in [9.17, 15) is 9.18 Å². The van der Waals surface area contributed by atoms with Gasteiger partial charge < -0.3 is 5.53 Å². The Morgan fingerprint density at radius 2 is 1.85 bits per heavy atom. The average Bonchev–Trinajstić information content (AvgIpc) is 2.47. The molecular formula is C16H13FN2O. The molecule has 1 atom stereocenters. The predicted molar refractivity (Wildman–Crippen MR) is 74.9 cm³/mol. The highest BCUT2D eigenvalue weighted by atomic mass is 19.1. The lowest BCUT2D eigenvalue weighted by atomic mass is 9.95. The Morgan fingerprint density at radius 1 is 1.20 bits per heavy atom. The Hall–Kier alpha value is -2.58. The molecule has 2 aromatic carbocycles. The summed E-state index contributed by atoms with van der Waals surface area (Å²) in [5.41, 5.74) is 10.4. The van der Waals surface area contributed by atoms with Gasteiger partial charge in [0.05, 0.1) is 5.92 Å². The molecule has 100 valence electrons. The Balaban J connectivity index is 2.29. The molecule has 0 spiro atoms. The van der Waals surface area contributed by atoms with Crippen molar-refractivity contribution in [1.82, 2.24) is 0 Å². The molecular weight excluding hydrogens is 255 g/mol. The molecule has 0 saturated heterocycles. The molecule has 0 saturated carbocycles. The Kier molecular flexibility index (Phi) is 4.18. The van der Waals surface area contributed by atoms with Gasteiger partial charge in [0.25, 0.3) is 0 Å². The standard InChI is InChI=1S/C16H13FN2O/c1-11(16(20)10-19-18)12-6-8-13(9-7-12)14-4-2-3-5-15(14)17/h2-11H,1H3. The SMILES string of the molecule is CC(C(=O)C=[N+]=[N-])c1ccc(-c2ccccc2F)cc1. The van der Waals surface area contributed by atoms with Crippen LogP contribution in [0.5, 0.6) is 0 Å². The number of Topliss-reactive ketones (excluding diaryl/α,β-unsaturated/α-hetero) is 1. The van der Waals surface area contributed by atoms with Crippen LogP contribution in [-0.2, 0) is 4.79 Å². The van der Waals surface area contributed by atoms with Crippen LogP contribution in [0.3, 0.4) is 0 Å². The van der Waals surface area contributed by atoms with Gasteiger partial charge in [-0.15, -0.1) is 0 Å². The van der Waals surface area contributed by atoms with Gasteiger partial charge in [-0.05, 0) is 17.2 Å². The first-order chi connectivity index (χ1) is 9.63. The molecule has 0 amide bonds. The quantitative estimate of drug-likeness (QED) is 0.476. The van der Waals surface area contributed by atoms with Crippen molar-refractivity contribution in [1.29, 1.82) is 0 Å². The van der Waals surface area contributed by atoms with Gasteiger partial charge >= 0.3 is 6.21 Å². The molecule has 3 nitrogen and oxygen atoms in total. The van der Waals surface area contributed by atoms with E-state index < -0.39 is 5.92 Å². The Bertz CT molecular complexity index is 673. The summed E-state index contributed by atoms with van der Waals surface area (Å²) < 4.78 is 13.7. The van der Waals surface area contributed by atoms with Crippen LogP contribution in [0.2, 0.25) is 0 Å². The molecule has 0 aliphatic carbocycles. The third kappa shape index (κ3) is 2.87. The largest absolute Gasteiger partial charge is 0.361 e. The summed E-state index contributed by atoms with van der Waals surface area (Å²) in [6, 6.07) is 13.6. The zero-order chi connectivity index (χ0) is 14.5. The fourth-order valence-electron chi connectivity index (χ4n) is 1.98. The monoisotopic (exact) mass is 268 g/mol. The lowest BCUT2D eigenvalue weighted by molar-refractivity contribution is -0.117. The van der Waals surface area contributed by atoms with Crippen LogP contribution in [0.4, 0.5) is 4.39 Å². The lowest BCUT2D eigenvalue weighted by Crippen LogP contribution is -2.10. The second-order valence-electron chi connectivity index (χ2n) is 4.47. The van der Waals surface area contributed by atoms with Crippen molar-refractivity contribution in [2.24, 2.45) is 0 Å². The van der Waals surface area contributed by atoms with Gasteiger partial charge in [-0.25, -0.2) is 4.39 Å². The summed E-state index contributed by atoms with van der Waals surface area (Å²) >= 11 is 0. The highest BCUT2D eigenvalue weighted by molar-refractivity contribution is 6.27. The number of benzene rings is 2. The highest BCUT2D eigenvalue weighted by Gasteiger charge is 2.16. The minimum absolute atomic E-state index is 0.281. The summed E-state index contributed by atoms with van der Waals surface area (Å²) in [5.74, 6) is -0.969. The summed E-state index contributed by atoms with van der Waals surface area (Å²) in [5, 5.41) is 0. The van der Waals surface area contributed by atoms with E-state index in [1.807, 2.05) is 0 Å². The minimum Gasteiger partial charge on any atom is -0.361 e. The van der Waals surface area contributed by atoms with E-state index >= 15 is 0 Å². The maximum atomic E-state index is 13.7. The van der Waals surface area contributed by atoms with E-state index in [-0.39, 0.29) is 11.6 Å². The fraction of sp³-hybridized carbons (Fsp3) is 0.125. The first kappa shape index (κ1) is 13.8. The number of hydrogen-bond acceptors (Lipinski definition) is 1. The van der Waals surface area contributed by atoms with Gasteiger partial charge in [-0.3, -0.25) is 4.79 Å². The number of carbonyl (C=O) groups is 1. The number of ketones is 1. The molecule has 4 heteroatoms. The molecule has 1 unspecified atom stereocenters. The van der Waals surface area contributed by atoms with Crippen LogP contribution in [0.1, 0.15) is 18.4 Å². The van der Waals surface area contributed by atoms with Crippen LogP contribution in [-0.4, -0.2) is 16.8 Å². The van der Waals surface area contributed by atoms with E-state index in [0.29, 0.717) is 5.56 Å². The zero-order valence-electron chi connectivity index (χ0n) is 11.0. The van der Waals surface area contributed by atoms with Gasteiger partial charge in [0.2, 0.25) is 5.78 Å². The molecule has 2 aromatic rings. The van der Waals surface area contributed by atoms with Crippen LogP contribution < -0.4 is 0 Å². The second-order valence-corrected chi connectivity index (χ2v) is 4.47. The molecule has 0 radical (unpaired) electrons. The molecule has 2 rings (SSSR count). The number of nitrogens with zero attached hydrogens (tertiary/aromatic N) is 2. The lowest BCUT2D eigenvalue weighted by Gasteiger charge is -2.08. The minimum atomic E-state index is -0.402.